The van der Waals surface area contributed by atoms with E-state index in [4.69, 9.17) is 28.9 Å². The molecule has 0 radical (unpaired) electrons. The van der Waals surface area contributed by atoms with Gasteiger partial charge in [-0.25, -0.2) is 4.79 Å². The molecule has 3 amide bonds. The molecule has 1 aliphatic rings. The van der Waals surface area contributed by atoms with Gasteiger partial charge in [-0.15, -0.1) is 0 Å². The topological polar surface area (TPSA) is 196 Å². The van der Waals surface area contributed by atoms with E-state index >= 15 is 0 Å². The molecule has 55 heavy (non-hydrogen) atoms. The summed E-state index contributed by atoms with van der Waals surface area (Å²) in [5.74, 6) is -2.83. The number of Topliss-reactive ketones (excluding diaryl/α,β-unsaturated/α-hetero) is 1. The summed E-state index contributed by atoms with van der Waals surface area (Å²) in [5, 5.41) is 6.26. The number of aromatic amines is 4. The Morgan fingerprint density at radius 3 is 1.80 bits per heavy atom. The van der Waals surface area contributed by atoms with Gasteiger partial charge in [-0.05, 0) is 29.8 Å². The van der Waals surface area contributed by atoms with Crippen LogP contribution in [-0.2, 0) is 30.3 Å². The Kier molecular flexibility index (Phi) is 10.1. The Hall–Kier alpha value is -6.89. The van der Waals surface area contributed by atoms with Crippen molar-refractivity contribution >= 4 is 107 Å². The highest BCUT2D eigenvalue weighted by atomic mass is 35.5. The number of halogens is 2. The van der Waals surface area contributed by atoms with Gasteiger partial charge in [-0.3, -0.25) is 24.5 Å². The molecule has 0 bridgehead atoms. The van der Waals surface area contributed by atoms with Crippen molar-refractivity contribution in [1.82, 2.24) is 25.3 Å². The summed E-state index contributed by atoms with van der Waals surface area (Å²) in [6.45, 7) is 0. The number of hydrogen-bond donors (Lipinski definition) is 6. The highest BCUT2D eigenvalue weighted by Crippen LogP contribution is 2.40. The lowest BCUT2D eigenvalue weighted by atomic mass is 9.95. The van der Waals surface area contributed by atoms with Gasteiger partial charge in [-0.2, -0.15) is 0 Å². The summed E-state index contributed by atoms with van der Waals surface area (Å²) in [5.41, 5.74) is 11.5. The van der Waals surface area contributed by atoms with Crippen LogP contribution in [0.25, 0.3) is 54.8 Å². The molecular formula is C41H30Cl2N6O6. The summed E-state index contributed by atoms with van der Waals surface area (Å²) in [4.78, 5) is 71.0. The van der Waals surface area contributed by atoms with Gasteiger partial charge in [0.1, 0.15) is 10.3 Å². The van der Waals surface area contributed by atoms with E-state index < -0.39 is 23.6 Å². The minimum Gasteiger partial charge on any atom is -0.463 e. The smallest absolute Gasteiger partial charge is 0.379 e. The van der Waals surface area contributed by atoms with Crippen molar-refractivity contribution in [3.05, 3.63) is 142 Å². The van der Waals surface area contributed by atoms with E-state index in [0.29, 0.717) is 44.7 Å². The number of nitrogens with two attached hydrogens (primary N) is 1. The van der Waals surface area contributed by atoms with Crippen molar-refractivity contribution in [3.8, 4) is 0 Å². The molecule has 7 N–H and O–H groups in total. The molecule has 0 unspecified atom stereocenters. The van der Waals surface area contributed by atoms with Crippen molar-refractivity contribution in [3.63, 3.8) is 0 Å². The molecule has 0 aliphatic carbocycles. The molecule has 5 heterocycles. The second-order valence-electron chi connectivity index (χ2n) is 12.3. The number of fused-ring (bicyclic) bond motifs is 4. The van der Waals surface area contributed by atoms with Gasteiger partial charge < -0.3 is 30.4 Å². The monoisotopic (exact) mass is 772 g/mol. The quantitative estimate of drug-likeness (QED) is 0.0446. The first kappa shape index (κ1) is 36.5. The van der Waals surface area contributed by atoms with E-state index in [1.54, 1.807) is 24.4 Å². The molecule has 0 atom stereocenters. The maximum atomic E-state index is 12.6. The lowest BCUT2D eigenvalue weighted by Gasteiger charge is -2.04. The number of nitrogens with one attached hydrogen (secondary N) is 5. The first-order valence-corrected chi connectivity index (χ1v) is 17.5. The second kappa shape index (κ2) is 15.2. The van der Waals surface area contributed by atoms with Gasteiger partial charge in [0.2, 0.25) is 5.91 Å². The number of ether oxygens (including phenoxy) is 1. The zero-order valence-corrected chi connectivity index (χ0v) is 30.4. The molecule has 14 heteroatoms. The van der Waals surface area contributed by atoms with E-state index in [2.05, 4.69) is 30.0 Å². The summed E-state index contributed by atoms with van der Waals surface area (Å²) >= 11 is 12.3. The predicted octanol–water partition coefficient (Wildman–Crippen LogP) is 7.24. The zero-order valence-electron chi connectivity index (χ0n) is 28.9. The number of carbonyl (C=O) groups is 5. The first-order valence-electron chi connectivity index (χ1n) is 16.7. The SMILES string of the molecule is COC(=O)C(=O)c1c(Cl)[nH]c2ccccc12.NC(=O)Cc1c[nH]c2ccccc12.O=C1NC(=O)C(c2c(Cl)[nH]c3ccccc23)=C1c1c[nH]c2ccccc12. The fraction of sp³-hybridized carbons (Fsp3) is 0.0488. The lowest BCUT2D eigenvalue weighted by molar-refractivity contribution is -0.135. The lowest BCUT2D eigenvalue weighted by Crippen LogP contribution is -2.22. The fourth-order valence-corrected chi connectivity index (χ4v) is 7.16. The highest BCUT2D eigenvalue weighted by molar-refractivity contribution is 6.52. The number of carbonyl (C=O) groups excluding carboxylic acids is 5. The van der Waals surface area contributed by atoms with Crippen LogP contribution in [0.4, 0.5) is 0 Å². The van der Waals surface area contributed by atoms with E-state index in [0.717, 1.165) is 45.4 Å². The summed E-state index contributed by atoms with van der Waals surface area (Å²) in [6, 6.07) is 30.1. The molecule has 0 saturated heterocycles. The van der Waals surface area contributed by atoms with Crippen LogP contribution in [0.2, 0.25) is 10.3 Å². The second-order valence-corrected chi connectivity index (χ2v) is 13.1. The summed E-state index contributed by atoms with van der Waals surface area (Å²) in [6.07, 6.45) is 3.88. The van der Waals surface area contributed by atoms with E-state index in [9.17, 15) is 24.0 Å². The van der Waals surface area contributed by atoms with Crippen LogP contribution in [-0.4, -0.2) is 56.5 Å². The molecule has 9 rings (SSSR count). The molecule has 274 valence electrons. The average Bonchev–Trinajstić information content (AvgIpc) is 3.99. The molecular weight excluding hydrogens is 743 g/mol. The van der Waals surface area contributed by atoms with Crippen LogP contribution in [0.1, 0.15) is 27.0 Å². The Balaban J connectivity index is 0.000000138. The Morgan fingerprint density at radius 1 is 0.636 bits per heavy atom. The number of methoxy groups -OCH3 is 1. The first-order chi connectivity index (χ1) is 26.6. The number of esters is 1. The maximum absolute atomic E-state index is 12.6. The van der Waals surface area contributed by atoms with Gasteiger partial charge in [0.25, 0.3) is 17.6 Å². The van der Waals surface area contributed by atoms with Crippen LogP contribution in [0, 0.1) is 0 Å². The molecule has 0 spiro atoms. The molecule has 4 aromatic heterocycles. The third-order valence-electron chi connectivity index (χ3n) is 9.00. The Morgan fingerprint density at radius 2 is 1.15 bits per heavy atom. The van der Waals surface area contributed by atoms with Crippen molar-refractivity contribution < 1.29 is 28.7 Å². The standard InChI is InChI=1S/C20H12ClN3O2.C11H8ClNO3.C10H10N2O/c21-18-15(11-6-2-4-8-14(11)23-18)17-16(19(25)24-20(17)26)12-9-22-13-7-3-1-5-10(12)13;1-16-11(15)9(14)8-6-4-2-3-5-7(6)13-10(8)12;11-10(13)5-7-6-12-9-4-2-1-3-8(7)9/h1-9,22-23H,(H,24,25,26);2-5,13H,1H3;1-4,6,12H,5H2,(H2,11,13). The fourth-order valence-electron chi connectivity index (χ4n) is 6.57. The minimum atomic E-state index is -0.924. The number of benzene rings is 4. The maximum Gasteiger partial charge on any atom is 0.379 e. The van der Waals surface area contributed by atoms with E-state index in [-0.39, 0.29) is 16.6 Å². The van der Waals surface area contributed by atoms with Gasteiger partial charge in [-0.1, -0.05) is 96.0 Å². The van der Waals surface area contributed by atoms with Crippen molar-refractivity contribution in [2.24, 2.45) is 5.73 Å². The number of primary amides is 1. The van der Waals surface area contributed by atoms with Gasteiger partial charge in [0.05, 0.1) is 30.2 Å². The number of imide groups is 1. The van der Waals surface area contributed by atoms with Gasteiger partial charge >= 0.3 is 5.97 Å². The predicted molar refractivity (Wildman–Crippen MR) is 212 cm³/mol. The normalized spacial score (nSPS) is 12.4. The van der Waals surface area contributed by atoms with Crippen LogP contribution in [0.15, 0.2) is 109 Å². The number of H-pyrrole nitrogens is 4. The van der Waals surface area contributed by atoms with Crippen molar-refractivity contribution in [2.75, 3.05) is 7.11 Å². The molecule has 8 aromatic rings. The van der Waals surface area contributed by atoms with Crippen molar-refractivity contribution in [1.29, 1.82) is 0 Å². The summed E-state index contributed by atoms with van der Waals surface area (Å²) in [7, 11) is 1.16. The third-order valence-corrected chi connectivity index (χ3v) is 9.56. The van der Waals surface area contributed by atoms with Crippen LogP contribution < -0.4 is 11.1 Å². The third kappa shape index (κ3) is 6.99. The molecule has 0 fully saturated rings. The number of para-hydroxylation sites is 4. The highest BCUT2D eigenvalue weighted by Gasteiger charge is 2.36. The van der Waals surface area contributed by atoms with E-state index in [1.165, 1.54) is 0 Å². The zero-order chi connectivity index (χ0) is 38.8. The van der Waals surface area contributed by atoms with E-state index in [1.807, 2.05) is 85.1 Å². The summed E-state index contributed by atoms with van der Waals surface area (Å²) < 4.78 is 4.38. The van der Waals surface area contributed by atoms with Crippen molar-refractivity contribution in [2.45, 2.75) is 6.42 Å². The van der Waals surface area contributed by atoms with Crippen LogP contribution in [0.5, 0.6) is 0 Å². The average molecular weight is 774 g/mol. The molecule has 12 nitrogen and oxygen atoms in total. The minimum absolute atomic E-state index is 0.150. The number of rotatable bonds is 6. The molecule has 0 saturated carbocycles. The number of hydrogen-bond acceptors (Lipinski definition) is 6. The number of aromatic nitrogens is 4. The van der Waals surface area contributed by atoms with Crippen LogP contribution >= 0.6 is 23.2 Å². The molecule has 1 aliphatic heterocycles. The Labute approximate surface area is 321 Å². The number of ketones is 1. The molecule has 4 aromatic carbocycles. The van der Waals surface area contributed by atoms with Gasteiger partial charge in [0, 0.05) is 67.1 Å². The van der Waals surface area contributed by atoms with Gasteiger partial charge in [0.15, 0.2) is 0 Å². The number of amides is 3. The Bertz CT molecular complexity index is 2860. The largest absolute Gasteiger partial charge is 0.463 e. The van der Waals surface area contributed by atoms with Crippen LogP contribution in [0.3, 0.4) is 0 Å².